The molecule has 0 bridgehead atoms. The predicted molar refractivity (Wildman–Crippen MR) is 142 cm³/mol. The maximum atomic E-state index is 14.3. The SMILES string of the molecule is CCCCOc1cc(OC)c2c3c1C(=O)C1=C(C3=CC23C(C)=CCCC3(C)C)C(OC)(OC)C=CC1=O. The van der Waals surface area contributed by atoms with Crippen LogP contribution in [-0.4, -0.2) is 45.3 Å². The van der Waals surface area contributed by atoms with Gasteiger partial charge in [-0.2, -0.15) is 0 Å². The van der Waals surface area contributed by atoms with Gasteiger partial charge in [-0.3, -0.25) is 9.59 Å². The van der Waals surface area contributed by atoms with Crippen molar-refractivity contribution in [1.82, 2.24) is 0 Å². The number of benzene rings is 1. The van der Waals surface area contributed by atoms with Crippen LogP contribution in [0.5, 0.6) is 11.5 Å². The quantitative estimate of drug-likeness (QED) is 0.199. The van der Waals surface area contributed by atoms with Crippen LogP contribution in [0.2, 0.25) is 0 Å². The lowest BCUT2D eigenvalue weighted by Crippen LogP contribution is -2.43. The van der Waals surface area contributed by atoms with Gasteiger partial charge in [0, 0.05) is 42.4 Å². The third-order valence-electron chi connectivity index (χ3n) is 8.79. The maximum Gasteiger partial charge on any atom is 0.216 e. The van der Waals surface area contributed by atoms with Crippen molar-refractivity contribution in [3.05, 3.63) is 63.8 Å². The van der Waals surface area contributed by atoms with Crippen LogP contribution in [0, 0.1) is 5.41 Å². The molecule has 4 aliphatic rings. The highest BCUT2D eigenvalue weighted by Gasteiger charge is 2.58. The highest BCUT2D eigenvalue weighted by molar-refractivity contribution is 6.36. The molecule has 196 valence electrons. The molecule has 0 amide bonds. The van der Waals surface area contributed by atoms with Crippen LogP contribution in [0.25, 0.3) is 5.57 Å². The first kappa shape index (κ1) is 25.7. The van der Waals surface area contributed by atoms with Crippen molar-refractivity contribution < 1.29 is 28.5 Å². The smallest absolute Gasteiger partial charge is 0.216 e. The summed E-state index contributed by atoms with van der Waals surface area (Å²) < 4.78 is 24.0. The van der Waals surface area contributed by atoms with Crippen LogP contribution in [0.4, 0.5) is 0 Å². The molecule has 1 spiro atoms. The lowest BCUT2D eigenvalue weighted by molar-refractivity contribution is -0.141. The van der Waals surface area contributed by atoms with Crippen LogP contribution in [0.1, 0.15) is 74.9 Å². The molecule has 5 rings (SSSR count). The molecule has 0 aliphatic heterocycles. The summed E-state index contributed by atoms with van der Waals surface area (Å²) in [5.74, 6) is -0.966. The number of hydrogen-bond acceptors (Lipinski definition) is 6. The Bertz CT molecular complexity index is 1320. The second kappa shape index (κ2) is 8.81. The average molecular weight is 505 g/mol. The minimum absolute atomic E-state index is 0.0775. The number of ketones is 2. The van der Waals surface area contributed by atoms with E-state index in [1.807, 2.05) is 6.07 Å². The van der Waals surface area contributed by atoms with E-state index in [-0.39, 0.29) is 22.6 Å². The average Bonchev–Trinajstić information content (AvgIpc) is 3.24. The first-order valence-electron chi connectivity index (χ1n) is 13.1. The number of methoxy groups -OCH3 is 3. The molecule has 37 heavy (non-hydrogen) atoms. The summed E-state index contributed by atoms with van der Waals surface area (Å²) in [6.45, 7) is 9.23. The fourth-order valence-corrected chi connectivity index (χ4v) is 6.81. The molecule has 4 aliphatic carbocycles. The monoisotopic (exact) mass is 504 g/mol. The van der Waals surface area contributed by atoms with Crippen molar-refractivity contribution in [2.75, 3.05) is 27.9 Å². The molecule has 1 aromatic carbocycles. The molecule has 0 heterocycles. The summed E-state index contributed by atoms with van der Waals surface area (Å²) >= 11 is 0. The number of carbonyl (C=O) groups excluding carboxylic acids is 2. The minimum Gasteiger partial charge on any atom is -0.496 e. The van der Waals surface area contributed by atoms with Gasteiger partial charge in [0.05, 0.1) is 24.9 Å². The second-order valence-electron chi connectivity index (χ2n) is 10.9. The van der Waals surface area contributed by atoms with Gasteiger partial charge in [-0.15, -0.1) is 0 Å². The van der Waals surface area contributed by atoms with E-state index in [2.05, 4.69) is 39.8 Å². The maximum absolute atomic E-state index is 14.3. The van der Waals surface area contributed by atoms with E-state index in [9.17, 15) is 9.59 Å². The summed E-state index contributed by atoms with van der Waals surface area (Å²) in [6, 6.07) is 1.84. The predicted octanol–water partition coefficient (Wildman–Crippen LogP) is 5.90. The van der Waals surface area contributed by atoms with Crippen LogP contribution in [0.3, 0.4) is 0 Å². The van der Waals surface area contributed by atoms with E-state index in [1.54, 1.807) is 13.2 Å². The van der Waals surface area contributed by atoms with Crippen molar-refractivity contribution in [3.63, 3.8) is 0 Å². The van der Waals surface area contributed by atoms with Crippen LogP contribution < -0.4 is 9.47 Å². The van der Waals surface area contributed by atoms with Crippen molar-refractivity contribution in [2.24, 2.45) is 5.41 Å². The first-order chi connectivity index (χ1) is 17.6. The van der Waals surface area contributed by atoms with Gasteiger partial charge in [0.1, 0.15) is 11.5 Å². The Morgan fingerprint density at radius 3 is 2.38 bits per heavy atom. The number of allylic oxidation sites excluding steroid dienone is 5. The fourth-order valence-electron chi connectivity index (χ4n) is 6.81. The van der Waals surface area contributed by atoms with Crippen LogP contribution >= 0.6 is 0 Å². The molecule has 0 fully saturated rings. The third-order valence-corrected chi connectivity index (χ3v) is 8.79. The fraction of sp³-hybridized carbons (Fsp3) is 0.484. The number of carbonyl (C=O) groups is 2. The number of hydrogen-bond donors (Lipinski definition) is 0. The first-order valence-corrected chi connectivity index (χ1v) is 13.1. The lowest BCUT2D eigenvalue weighted by atomic mass is 9.55. The molecule has 0 radical (unpaired) electrons. The Labute approximate surface area is 219 Å². The van der Waals surface area contributed by atoms with Crippen LogP contribution in [0.15, 0.2) is 47.1 Å². The number of rotatable bonds is 7. The highest BCUT2D eigenvalue weighted by atomic mass is 16.7. The molecule has 6 nitrogen and oxygen atoms in total. The topological polar surface area (TPSA) is 71.1 Å². The summed E-state index contributed by atoms with van der Waals surface area (Å²) in [4.78, 5) is 27.6. The van der Waals surface area contributed by atoms with Gasteiger partial charge in [-0.1, -0.05) is 44.9 Å². The molecule has 0 saturated carbocycles. The van der Waals surface area contributed by atoms with Gasteiger partial charge in [0.15, 0.2) is 5.78 Å². The number of fused-ring (bicyclic) bond motifs is 2. The summed E-state index contributed by atoms with van der Waals surface area (Å²) in [5.41, 5.74) is 3.91. The lowest BCUT2D eigenvalue weighted by Gasteiger charge is -2.48. The van der Waals surface area contributed by atoms with Gasteiger partial charge in [-0.05, 0) is 49.3 Å². The van der Waals surface area contributed by atoms with E-state index >= 15 is 0 Å². The summed E-state index contributed by atoms with van der Waals surface area (Å²) in [6.07, 6.45) is 11.2. The second-order valence-corrected chi connectivity index (χ2v) is 10.9. The standard InChI is InChI=1S/C31H36O6/c1-8-9-15-37-21-16-22(34-5)27-23-19(17-30(27)18(2)11-10-13-29(30,3)4)26-24(28(33)25(21)23)20(32)12-14-31(26,35-6)36-7/h11-12,14,16-17H,8-10,13,15H2,1-7H3. The van der Waals surface area contributed by atoms with Crippen molar-refractivity contribution >= 4 is 17.1 Å². The molecule has 1 aromatic rings. The Morgan fingerprint density at radius 1 is 1.03 bits per heavy atom. The highest BCUT2D eigenvalue weighted by Crippen LogP contribution is 2.65. The van der Waals surface area contributed by atoms with E-state index in [4.69, 9.17) is 18.9 Å². The normalized spacial score (nSPS) is 24.6. The van der Waals surface area contributed by atoms with Gasteiger partial charge in [0.2, 0.25) is 11.6 Å². The van der Waals surface area contributed by atoms with E-state index in [0.29, 0.717) is 29.2 Å². The Morgan fingerprint density at radius 2 is 1.76 bits per heavy atom. The number of ether oxygens (including phenoxy) is 4. The third kappa shape index (κ3) is 3.25. The molecule has 1 unspecified atom stereocenters. The Hall–Kier alpha value is -2.96. The van der Waals surface area contributed by atoms with E-state index in [0.717, 1.165) is 42.4 Å². The van der Waals surface area contributed by atoms with Gasteiger partial charge < -0.3 is 18.9 Å². The zero-order valence-corrected chi connectivity index (χ0v) is 22.9. The molecular weight excluding hydrogens is 468 g/mol. The van der Waals surface area contributed by atoms with Crippen molar-refractivity contribution in [3.8, 4) is 11.5 Å². The van der Waals surface area contributed by atoms with Gasteiger partial charge >= 0.3 is 0 Å². The summed E-state index contributed by atoms with van der Waals surface area (Å²) in [7, 11) is 4.72. The van der Waals surface area contributed by atoms with Crippen molar-refractivity contribution in [2.45, 2.75) is 64.6 Å². The van der Waals surface area contributed by atoms with Gasteiger partial charge in [0.25, 0.3) is 0 Å². The molecule has 0 aromatic heterocycles. The Kier molecular flexibility index (Phi) is 6.12. The molecule has 0 N–H and O–H groups in total. The van der Waals surface area contributed by atoms with E-state index < -0.39 is 11.2 Å². The minimum atomic E-state index is -1.37. The number of unbranched alkanes of at least 4 members (excludes halogenated alkanes) is 1. The molecule has 0 saturated heterocycles. The van der Waals surface area contributed by atoms with E-state index in [1.165, 1.54) is 25.9 Å². The van der Waals surface area contributed by atoms with Crippen molar-refractivity contribution in [1.29, 1.82) is 0 Å². The Balaban J connectivity index is 1.94. The molecular formula is C31H36O6. The zero-order chi connectivity index (χ0) is 26.8. The largest absolute Gasteiger partial charge is 0.496 e. The zero-order valence-electron chi connectivity index (χ0n) is 22.9. The van der Waals surface area contributed by atoms with Gasteiger partial charge in [-0.25, -0.2) is 0 Å². The number of Topliss-reactive ketones (excluding diaryl/α,β-unsaturated/α-hetero) is 1. The summed E-state index contributed by atoms with van der Waals surface area (Å²) in [5, 5.41) is 0. The van der Waals surface area contributed by atoms with Crippen LogP contribution in [-0.2, 0) is 19.7 Å². The molecule has 6 heteroatoms. The molecule has 1 atom stereocenters.